The summed E-state index contributed by atoms with van der Waals surface area (Å²) >= 11 is 0. The molecule has 0 radical (unpaired) electrons. The van der Waals surface area contributed by atoms with Gasteiger partial charge < -0.3 is 18.9 Å². The first-order chi connectivity index (χ1) is 13.5. The van der Waals surface area contributed by atoms with Crippen molar-refractivity contribution in [3.63, 3.8) is 0 Å². The van der Waals surface area contributed by atoms with Crippen LogP contribution < -0.4 is 4.74 Å². The zero-order valence-electron chi connectivity index (χ0n) is 16.9. The Labute approximate surface area is 165 Å². The standard InChI is InChI=1S/C20H28N4O4/c1-14-12-23(13-15(2)24(14)9-10-26-3)19(25)11-18-21-20(22-28-18)16-5-7-17(27-4)8-6-16/h5-8,14-15H,9-13H2,1-4H3. The molecule has 0 spiro atoms. The van der Waals surface area contributed by atoms with E-state index in [0.29, 0.717) is 31.4 Å². The van der Waals surface area contributed by atoms with E-state index in [9.17, 15) is 4.79 Å². The number of methoxy groups -OCH3 is 2. The van der Waals surface area contributed by atoms with Crippen molar-refractivity contribution >= 4 is 5.91 Å². The summed E-state index contributed by atoms with van der Waals surface area (Å²) in [6, 6.07) is 7.95. The molecule has 2 heterocycles. The van der Waals surface area contributed by atoms with Crippen molar-refractivity contribution in [1.29, 1.82) is 0 Å². The minimum Gasteiger partial charge on any atom is -0.497 e. The van der Waals surface area contributed by atoms with Gasteiger partial charge >= 0.3 is 0 Å². The third kappa shape index (κ3) is 4.69. The molecular weight excluding hydrogens is 360 g/mol. The molecule has 1 aromatic carbocycles. The number of aromatic nitrogens is 2. The van der Waals surface area contributed by atoms with Crippen LogP contribution in [0.25, 0.3) is 11.4 Å². The van der Waals surface area contributed by atoms with E-state index in [1.165, 1.54) is 0 Å². The first-order valence-electron chi connectivity index (χ1n) is 9.51. The Balaban J connectivity index is 1.60. The van der Waals surface area contributed by atoms with Crippen LogP contribution in [0.5, 0.6) is 5.75 Å². The monoisotopic (exact) mass is 388 g/mol. The molecule has 8 nitrogen and oxygen atoms in total. The molecule has 1 aromatic heterocycles. The van der Waals surface area contributed by atoms with Crippen molar-refractivity contribution < 1.29 is 18.8 Å². The van der Waals surface area contributed by atoms with Crippen LogP contribution in [-0.2, 0) is 16.0 Å². The molecule has 0 bridgehead atoms. The number of ether oxygens (including phenoxy) is 2. The summed E-state index contributed by atoms with van der Waals surface area (Å²) in [5, 5.41) is 4.00. The highest BCUT2D eigenvalue weighted by molar-refractivity contribution is 5.78. The normalized spacial score (nSPS) is 20.4. The molecule has 0 N–H and O–H groups in total. The molecular formula is C20H28N4O4. The molecule has 0 aliphatic carbocycles. The lowest BCUT2D eigenvalue weighted by atomic mass is 10.1. The number of carbonyl (C=O) groups is 1. The number of amides is 1. The van der Waals surface area contributed by atoms with Crippen molar-refractivity contribution in [2.75, 3.05) is 40.5 Å². The van der Waals surface area contributed by atoms with Gasteiger partial charge in [0.05, 0.1) is 13.7 Å². The van der Waals surface area contributed by atoms with Crippen molar-refractivity contribution in [2.24, 2.45) is 0 Å². The number of rotatable bonds is 7. The molecule has 0 saturated carbocycles. The summed E-state index contributed by atoms with van der Waals surface area (Å²) < 4.78 is 15.6. The van der Waals surface area contributed by atoms with Gasteiger partial charge in [-0.1, -0.05) is 5.16 Å². The number of nitrogens with zero attached hydrogens (tertiary/aromatic N) is 4. The third-order valence-corrected chi connectivity index (χ3v) is 5.13. The summed E-state index contributed by atoms with van der Waals surface area (Å²) in [6.07, 6.45) is 0.112. The van der Waals surface area contributed by atoms with Gasteiger partial charge in [0, 0.05) is 44.4 Å². The summed E-state index contributed by atoms with van der Waals surface area (Å²) in [5.41, 5.74) is 0.817. The minimum atomic E-state index is 0.00928. The van der Waals surface area contributed by atoms with Gasteiger partial charge in [0.1, 0.15) is 12.2 Å². The summed E-state index contributed by atoms with van der Waals surface area (Å²) in [6.45, 7) is 7.22. The Morgan fingerprint density at radius 3 is 2.46 bits per heavy atom. The maximum Gasteiger partial charge on any atom is 0.236 e. The molecule has 1 aliphatic rings. The maximum absolute atomic E-state index is 12.7. The van der Waals surface area contributed by atoms with E-state index in [4.69, 9.17) is 14.0 Å². The Bertz CT molecular complexity index is 765. The number of hydrogen-bond donors (Lipinski definition) is 0. The Morgan fingerprint density at radius 2 is 1.86 bits per heavy atom. The highest BCUT2D eigenvalue weighted by Gasteiger charge is 2.32. The second-order valence-corrected chi connectivity index (χ2v) is 7.14. The van der Waals surface area contributed by atoms with Gasteiger partial charge in [0.15, 0.2) is 0 Å². The van der Waals surface area contributed by atoms with Crippen LogP contribution in [0.4, 0.5) is 0 Å². The van der Waals surface area contributed by atoms with Gasteiger partial charge in [0.25, 0.3) is 0 Å². The molecule has 8 heteroatoms. The first-order valence-corrected chi connectivity index (χ1v) is 9.51. The summed E-state index contributed by atoms with van der Waals surface area (Å²) in [7, 11) is 3.33. The smallest absolute Gasteiger partial charge is 0.236 e. The van der Waals surface area contributed by atoms with Crippen LogP contribution in [-0.4, -0.2) is 78.4 Å². The predicted molar refractivity (Wildman–Crippen MR) is 104 cm³/mol. The molecule has 1 fully saturated rings. The van der Waals surface area contributed by atoms with E-state index in [2.05, 4.69) is 28.9 Å². The quantitative estimate of drug-likeness (QED) is 0.716. The van der Waals surface area contributed by atoms with Gasteiger partial charge in [0.2, 0.25) is 17.6 Å². The minimum absolute atomic E-state index is 0.00928. The lowest BCUT2D eigenvalue weighted by Gasteiger charge is -2.44. The van der Waals surface area contributed by atoms with E-state index in [1.807, 2.05) is 29.2 Å². The average molecular weight is 388 g/mol. The SMILES string of the molecule is COCCN1C(C)CN(C(=O)Cc2nc(-c3ccc(OC)cc3)no2)CC1C. The summed E-state index contributed by atoms with van der Waals surface area (Å²) in [4.78, 5) is 21.4. The number of benzene rings is 1. The van der Waals surface area contributed by atoms with E-state index in [1.54, 1.807) is 14.2 Å². The number of carbonyl (C=O) groups excluding carboxylic acids is 1. The fraction of sp³-hybridized carbons (Fsp3) is 0.550. The first kappa shape index (κ1) is 20.3. The van der Waals surface area contributed by atoms with Gasteiger partial charge in [-0.3, -0.25) is 9.69 Å². The Kier molecular flexibility index (Phi) is 6.64. The molecule has 152 valence electrons. The van der Waals surface area contributed by atoms with Gasteiger partial charge in [-0.2, -0.15) is 4.98 Å². The van der Waals surface area contributed by atoms with Crippen LogP contribution in [0.1, 0.15) is 19.7 Å². The van der Waals surface area contributed by atoms with Crippen LogP contribution >= 0.6 is 0 Å². The largest absolute Gasteiger partial charge is 0.497 e. The molecule has 1 aliphatic heterocycles. The van der Waals surface area contributed by atoms with Crippen molar-refractivity contribution in [1.82, 2.24) is 19.9 Å². The Morgan fingerprint density at radius 1 is 1.18 bits per heavy atom. The molecule has 1 saturated heterocycles. The van der Waals surface area contributed by atoms with Crippen molar-refractivity contribution in [2.45, 2.75) is 32.4 Å². The molecule has 2 atom stereocenters. The van der Waals surface area contributed by atoms with Crippen molar-refractivity contribution in [3.8, 4) is 17.1 Å². The summed E-state index contributed by atoms with van der Waals surface area (Å²) in [5.74, 6) is 1.57. The van der Waals surface area contributed by atoms with Crippen LogP contribution in [0.3, 0.4) is 0 Å². The van der Waals surface area contributed by atoms with E-state index in [-0.39, 0.29) is 24.4 Å². The molecule has 2 aromatic rings. The highest BCUT2D eigenvalue weighted by atomic mass is 16.5. The molecule has 2 unspecified atom stereocenters. The fourth-order valence-electron chi connectivity index (χ4n) is 3.62. The topological polar surface area (TPSA) is 80.9 Å². The third-order valence-electron chi connectivity index (χ3n) is 5.13. The number of hydrogen-bond acceptors (Lipinski definition) is 7. The van der Waals surface area contributed by atoms with Gasteiger partial charge in [-0.25, -0.2) is 0 Å². The van der Waals surface area contributed by atoms with Gasteiger partial charge in [-0.15, -0.1) is 0 Å². The van der Waals surface area contributed by atoms with Crippen LogP contribution in [0.15, 0.2) is 28.8 Å². The second kappa shape index (κ2) is 9.16. The lowest BCUT2D eigenvalue weighted by Crippen LogP contribution is -2.58. The van der Waals surface area contributed by atoms with E-state index in [0.717, 1.165) is 17.9 Å². The fourth-order valence-corrected chi connectivity index (χ4v) is 3.62. The zero-order valence-corrected chi connectivity index (χ0v) is 16.9. The average Bonchev–Trinajstić information content (AvgIpc) is 3.15. The maximum atomic E-state index is 12.7. The van der Waals surface area contributed by atoms with Crippen molar-refractivity contribution in [3.05, 3.63) is 30.2 Å². The Hall–Kier alpha value is -2.45. The van der Waals surface area contributed by atoms with Crippen LogP contribution in [0, 0.1) is 0 Å². The van der Waals surface area contributed by atoms with E-state index >= 15 is 0 Å². The van der Waals surface area contributed by atoms with Crippen LogP contribution in [0.2, 0.25) is 0 Å². The van der Waals surface area contributed by atoms with E-state index < -0.39 is 0 Å². The molecule has 3 rings (SSSR count). The van der Waals surface area contributed by atoms with Gasteiger partial charge in [-0.05, 0) is 38.1 Å². The number of piperazine rings is 1. The second-order valence-electron chi connectivity index (χ2n) is 7.14. The molecule has 28 heavy (non-hydrogen) atoms. The zero-order chi connectivity index (χ0) is 20.1. The predicted octanol–water partition coefficient (Wildman–Crippen LogP) is 1.86. The lowest BCUT2D eigenvalue weighted by molar-refractivity contribution is -0.135. The highest BCUT2D eigenvalue weighted by Crippen LogP contribution is 2.21. The molecule has 1 amide bonds.